The molecule has 0 aliphatic heterocycles. The largest absolute Gasteiger partial charge is 2.00 e. The fourth-order valence-corrected chi connectivity index (χ4v) is 19.4. The van der Waals surface area contributed by atoms with Crippen LogP contribution < -0.4 is 24.8 Å². The van der Waals surface area contributed by atoms with Crippen LogP contribution in [-0.2, 0) is 17.1 Å². The van der Waals surface area contributed by atoms with Crippen LogP contribution in [0.5, 0.6) is 0 Å². The van der Waals surface area contributed by atoms with Crippen LogP contribution in [0.25, 0.3) is 0 Å². The molecular weight excluding hydrogens is 621 g/mol. The maximum absolute atomic E-state index is 1.61. The van der Waals surface area contributed by atoms with Gasteiger partial charge >= 0.3 is 17.1 Å². The first kappa shape index (κ1) is 39.1. The Balaban J connectivity index is 0.000000267. The molecule has 242 valence electrons. The maximum atomic E-state index is 1.61. The van der Waals surface area contributed by atoms with E-state index < -0.39 is 0 Å². The summed E-state index contributed by atoms with van der Waals surface area (Å²) >= 11 is 0. The van der Waals surface area contributed by atoms with Gasteiger partial charge in [-0.3, -0.25) is 0 Å². The van der Waals surface area contributed by atoms with E-state index in [1.807, 2.05) is 0 Å². The van der Waals surface area contributed by atoms with Gasteiger partial charge in [0.2, 0.25) is 0 Å². The first-order valence-corrected chi connectivity index (χ1v) is 21.5. The van der Waals surface area contributed by atoms with Crippen molar-refractivity contribution < 1.29 is 41.9 Å². The molecule has 0 atom stereocenters. The molecule has 0 N–H and O–H groups in total. The normalized spacial score (nSPS) is 26.8. The summed E-state index contributed by atoms with van der Waals surface area (Å²) in [6, 6.07) is 0. The van der Waals surface area contributed by atoms with Crippen molar-refractivity contribution in [2.45, 2.75) is 227 Å². The van der Waals surface area contributed by atoms with Crippen molar-refractivity contribution in [2.24, 2.45) is 0 Å². The summed E-state index contributed by atoms with van der Waals surface area (Å²) in [6.07, 6.45) is 47.2. The number of halogens is 2. The molecular formula is C36H66Cl2FeP2. The summed E-state index contributed by atoms with van der Waals surface area (Å²) in [6.45, 7) is 0. The molecule has 6 saturated carbocycles. The van der Waals surface area contributed by atoms with Gasteiger partial charge in [-0.1, -0.05) is 131 Å². The van der Waals surface area contributed by atoms with Gasteiger partial charge in [0.25, 0.3) is 0 Å². The Bertz CT molecular complexity index is 475. The van der Waals surface area contributed by atoms with Crippen molar-refractivity contribution in [3.8, 4) is 0 Å². The second kappa shape index (κ2) is 22.5. The van der Waals surface area contributed by atoms with E-state index in [2.05, 4.69) is 0 Å². The Kier molecular flexibility index (Phi) is 21.5. The SMILES string of the molecule is C1CCC(P(C2CCCCC2)C2CCCCC2)CC1.C1CCC(P(C2CCCCC2)C2CCCCC2)CC1.[Cl-].[Cl-].[Fe+2]. The molecule has 0 radical (unpaired) electrons. The third kappa shape index (κ3) is 12.2. The Morgan fingerprint density at radius 1 is 0.220 bits per heavy atom. The van der Waals surface area contributed by atoms with Gasteiger partial charge in [0.15, 0.2) is 0 Å². The van der Waals surface area contributed by atoms with E-state index in [1.165, 1.54) is 72.5 Å². The first-order chi connectivity index (χ1) is 18.9. The van der Waals surface area contributed by atoms with Crippen LogP contribution >= 0.6 is 15.8 Å². The van der Waals surface area contributed by atoms with Crippen molar-refractivity contribution in [3.05, 3.63) is 0 Å². The second-order valence-electron chi connectivity index (χ2n) is 14.6. The molecule has 0 bridgehead atoms. The standard InChI is InChI=1S/2C18H33P.2ClH.Fe/c2*1-4-10-16(11-5-1)19(17-12-6-2-7-13-17)18-14-8-3-9-15-18;;;/h2*16-18H,1-15H2;2*1H;/q;;;;+2/p-2. The summed E-state index contributed by atoms with van der Waals surface area (Å²) in [5.74, 6) is 0. The fourth-order valence-electron chi connectivity index (χ4n) is 10.1. The quantitative estimate of drug-likeness (QED) is 0.210. The average Bonchev–Trinajstić information content (AvgIpc) is 3.01. The van der Waals surface area contributed by atoms with Crippen LogP contribution in [0.3, 0.4) is 0 Å². The molecule has 0 aromatic heterocycles. The van der Waals surface area contributed by atoms with E-state index >= 15 is 0 Å². The maximum Gasteiger partial charge on any atom is 2.00 e. The molecule has 0 amide bonds. The smallest absolute Gasteiger partial charge is 1.00 e. The molecule has 6 rings (SSSR count). The minimum Gasteiger partial charge on any atom is -1.00 e. The Morgan fingerprint density at radius 3 is 0.463 bits per heavy atom. The first-order valence-electron chi connectivity index (χ1n) is 18.4. The monoisotopic (exact) mass is 686 g/mol. The molecule has 6 fully saturated rings. The molecule has 0 spiro atoms. The van der Waals surface area contributed by atoms with Crippen LogP contribution in [0.1, 0.15) is 193 Å². The van der Waals surface area contributed by atoms with E-state index in [0.717, 1.165) is 0 Å². The predicted octanol–water partition coefficient (Wildman–Crippen LogP) is 6.94. The molecule has 41 heavy (non-hydrogen) atoms. The van der Waals surface area contributed by atoms with E-state index in [-0.39, 0.29) is 41.9 Å². The summed E-state index contributed by atoms with van der Waals surface area (Å²) < 4.78 is 0. The average molecular weight is 688 g/mol. The van der Waals surface area contributed by atoms with Gasteiger partial charge in [0, 0.05) is 0 Å². The summed E-state index contributed by atoms with van der Waals surface area (Å²) in [5.41, 5.74) is 7.14. The van der Waals surface area contributed by atoms with Crippen LogP contribution in [0, 0.1) is 0 Å². The molecule has 0 nitrogen and oxygen atoms in total. The van der Waals surface area contributed by atoms with Gasteiger partial charge in [-0.2, -0.15) is 0 Å². The topological polar surface area (TPSA) is 0 Å². The Hall–Kier alpha value is 1.96. The molecule has 0 aromatic rings. The van der Waals surface area contributed by atoms with Crippen molar-refractivity contribution in [1.29, 1.82) is 0 Å². The number of hydrogen-bond acceptors (Lipinski definition) is 0. The van der Waals surface area contributed by atoms with Crippen LogP contribution in [-0.4, -0.2) is 34.0 Å². The van der Waals surface area contributed by atoms with E-state index in [0.29, 0.717) is 15.8 Å². The third-order valence-corrected chi connectivity index (χ3v) is 20.1. The zero-order valence-corrected chi connectivity index (χ0v) is 31.1. The van der Waals surface area contributed by atoms with Gasteiger partial charge in [-0.25, -0.2) is 0 Å². The van der Waals surface area contributed by atoms with Gasteiger partial charge in [0.1, 0.15) is 0 Å². The van der Waals surface area contributed by atoms with E-state index in [1.54, 1.807) is 154 Å². The fraction of sp³-hybridized carbons (Fsp3) is 1.00. The van der Waals surface area contributed by atoms with Crippen LogP contribution in [0.15, 0.2) is 0 Å². The molecule has 0 aromatic carbocycles. The van der Waals surface area contributed by atoms with Gasteiger partial charge in [-0.15, -0.1) is 0 Å². The third-order valence-electron chi connectivity index (χ3n) is 12.0. The summed E-state index contributed by atoms with van der Waals surface area (Å²) in [7, 11) is 0.770. The van der Waals surface area contributed by atoms with E-state index in [4.69, 9.17) is 0 Å². The molecule has 0 saturated heterocycles. The molecule has 0 unspecified atom stereocenters. The summed E-state index contributed by atoms with van der Waals surface area (Å²) in [5, 5.41) is 0. The van der Waals surface area contributed by atoms with Crippen LogP contribution in [0.4, 0.5) is 0 Å². The van der Waals surface area contributed by atoms with Crippen molar-refractivity contribution in [1.82, 2.24) is 0 Å². The van der Waals surface area contributed by atoms with Crippen molar-refractivity contribution in [2.75, 3.05) is 0 Å². The minimum atomic E-state index is 0. The molecule has 6 aliphatic rings. The van der Waals surface area contributed by atoms with Crippen molar-refractivity contribution in [3.63, 3.8) is 0 Å². The van der Waals surface area contributed by atoms with Crippen molar-refractivity contribution >= 4 is 15.8 Å². The van der Waals surface area contributed by atoms with Crippen LogP contribution in [0.2, 0.25) is 0 Å². The predicted molar refractivity (Wildman–Crippen MR) is 175 cm³/mol. The molecule has 6 aliphatic carbocycles. The summed E-state index contributed by atoms with van der Waals surface area (Å²) in [4.78, 5) is 0. The number of hydrogen-bond donors (Lipinski definition) is 0. The second-order valence-corrected chi connectivity index (χ2v) is 20.8. The minimum absolute atomic E-state index is 0. The molecule has 0 heterocycles. The van der Waals surface area contributed by atoms with E-state index in [9.17, 15) is 0 Å². The molecule has 5 heteroatoms. The number of rotatable bonds is 6. The van der Waals surface area contributed by atoms with Gasteiger partial charge in [0.05, 0.1) is 0 Å². The Morgan fingerprint density at radius 2 is 0.341 bits per heavy atom. The van der Waals surface area contributed by atoms with Gasteiger partial charge < -0.3 is 24.8 Å². The van der Waals surface area contributed by atoms with Gasteiger partial charge in [-0.05, 0) is 111 Å². The zero-order valence-electron chi connectivity index (χ0n) is 26.7. The Labute approximate surface area is 282 Å². The zero-order chi connectivity index (χ0) is 25.8.